The predicted molar refractivity (Wildman–Crippen MR) is 90.9 cm³/mol. The Morgan fingerprint density at radius 1 is 1.17 bits per heavy atom. The molecule has 3 nitrogen and oxygen atoms in total. The number of quaternary nitrogens is 1. The number of nitrogens with one attached hydrogen (secondary N) is 1. The maximum atomic E-state index is 13.5. The molecule has 1 aromatic carbocycles. The van der Waals surface area contributed by atoms with E-state index in [9.17, 15) is 9.18 Å². The van der Waals surface area contributed by atoms with E-state index in [1.165, 1.54) is 31.4 Å². The van der Waals surface area contributed by atoms with Crippen LogP contribution in [0.15, 0.2) is 12.1 Å². The van der Waals surface area contributed by atoms with Gasteiger partial charge < -0.3 is 9.80 Å². The average molecular weight is 319 g/mol. The zero-order chi connectivity index (χ0) is 16.7. The number of anilines is 1. The third kappa shape index (κ3) is 2.67. The monoisotopic (exact) mass is 319 g/mol. The number of likely N-dealkylation sites (N-methyl/N-ethyl adjacent to an activating group) is 1. The number of hydrogen-bond acceptors (Lipinski definition) is 1. The van der Waals surface area contributed by atoms with Gasteiger partial charge in [0.05, 0.1) is 19.6 Å². The molecule has 2 aliphatic rings. The Hall–Kier alpha value is -1.42. The predicted octanol–water partition coefficient (Wildman–Crippen LogP) is 3.93. The van der Waals surface area contributed by atoms with Crippen LogP contribution in [0, 0.1) is 19.7 Å². The highest BCUT2D eigenvalue weighted by Gasteiger charge is 2.65. The first-order valence-electron chi connectivity index (χ1n) is 8.88. The van der Waals surface area contributed by atoms with Gasteiger partial charge in [0, 0.05) is 18.5 Å². The van der Waals surface area contributed by atoms with Crippen LogP contribution in [0.2, 0.25) is 0 Å². The average Bonchev–Trinajstić information content (AvgIpc) is 3.33. The number of hydrogen-bond donors (Lipinski definition) is 1. The van der Waals surface area contributed by atoms with Gasteiger partial charge in [-0.25, -0.2) is 4.39 Å². The number of likely N-dealkylation sites (tertiary alicyclic amines) is 1. The summed E-state index contributed by atoms with van der Waals surface area (Å²) in [5.74, 6) is -0.105. The van der Waals surface area contributed by atoms with Crippen LogP contribution in [0.5, 0.6) is 0 Å². The lowest BCUT2D eigenvalue weighted by atomic mass is 10.00. The Kier molecular flexibility index (Phi) is 4.21. The molecular weight excluding hydrogens is 291 g/mol. The summed E-state index contributed by atoms with van der Waals surface area (Å²) in [5.41, 5.74) is 2.14. The quantitative estimate of drug-likeness (QED) is 0.837. The fourth-order valence-electron chi connectivity index (χ4n) is 4.54. The summed E-state index contributed by atoms with van der Waals surface area (Å²) in [6, 6.07) is 2.99. The van der Waals surface area contributed by atoms with Crippen molar-refractivity contribution < 1.29 is 13.7 Å². The van der Waals surface area contributed by atoms with E-state index in [1.807, 2.05) is 13.8 Å². The molecule has 1 amide bonds. The lowest BCUT2D eigenvalue weighted by Crippen LogP contribution is -2.64. The largest absolute Gasteiger partial charge is 0.320 e. The van der Waals surface area contributed by atoms with Gasteiger partial charge in [-0.15, -0.1) is 0 Å². The lowest BCUT2D eigenvalue weighted by Gasteiger charge is -2.46. The summed E-state index contributed by atoms with van der Waals surface area (Å²) < 4.78 is 14.4. The van der Waals surface area contributed by atoms with E-state index in [4.69, 9.17) is 0 Å². The maximum absolute atomic E-state index is 13.5. The molecule has 0 bridgehead atoms. The molecule has 23 heavy (non-hydrogen) atoms. The molecule has 0 unspecified atom stereocenters. The van der Waals surface area contributed by atoms with E-state index in [0.29, 0.717) is 0 Å². The Labute approximate surface area is 138 Å². The number of rotatable bonds is 4. The van der Waals surface area contributed by atoms with Crippen LogP contribution < -0.4 is 5.32 Å². The molecule has 1 aliphatic heterocycles. The number of nitrogens with zero attached hydrogens (tertiary/aromatic N) is 1. The number of aryl methyl sites for hydroxylation is 2. The molecule has 0 radical (unpaired) electrons. The van der Waals surface area contributed by atoms with Crippen molar-refractivity contribution >= 4 is 11.6 Å². The second kappa shape index (κ2) is 5.90. The lowest BCUT2D eigenvalue weighted by molar-refractivity contribution is -0.955. The Balaban J connectivity index is 1.86. The molecule has 126 valence electrons. The normalized spacial score (nSPS) is 21.7. The van der Waals surface area contributed by atoms with Gasteiger partial charge >= 0.3 is 0 Å². The highest BCUT2D eigenvalue weighted by atomic mass is 19.1. The highest BCUT2D eigenvalue weighted by Crippen LogP contribution is 2.49. The smallest absolute Gasteiger partial charge is 0.285 e. The minimum Gasteiger partial charge on any atom is -0.320 e. The molecule has 0 aromatic heterocycles. The van der Waals surface area contributed by atoms with E-state index < -0.39 is 0 Å². The fourth-order valence-corrected chi connectivity index (χ4v) is 4.54. The third-order valence-electron chi connectivity index (χ3n) is 6.07. The second-order valence-electron chi connectivity index (χ2n) is 7.37. The minimum atomic E-state index is -0.248. The molecule has 3 rings (SSSR count). The van der Waals surface area contributed by atoms with Crippen LogP contribution >= 0.6 is 0 Å². The molecular formula is C19H28FN2O+. The number of carbonyl (C=O) groups is 1. The molecule has 1 aromatic rings. The number of carbonyl (C=O) groups excluding carboxylic acids is 1. The Morgan fingerprint density at radius 3 is 2.22 bits per heavy atom. The SMILES string of the molecule is CC[N+]1(C2(C(=O)Nc3c(C)cc(F)cc3C)CC2)CCCCC1. The van der Waals surface area contributed by atoms with Gasteiger partial charge in [-0.3, -0.25) is 4.79 Å². The molecule has 1 N–H and O–H groups in total. The van der Waals surface area contributed by atoms with E-state index >= 15 is 0 Å². The van der Waals surface area contributed by atoms with E-state index in [2.05, 4.69) is 12.2 Å². The molecule has 1 heterocycles. The van der Waals surface area contributed by atoms with Crippen molar-refractivity contribution in [2.24, 2.45) is 0 Å². The molecule has 1 aliphatic carbocycles. The molecule has 1 saturated heterocycles. The summed E-state index contributed by atoms with van der Waals surface area (Å²) in [7, 11) is 0. The summed E-state index contributed by atoms with van der Waals surface area (Å²) in [6.07, 6.45) is 5.68. The molecule has 0 atom stereocenters. The minimum absolute atomic E-state index is 0.138. The standard InChI is InChI=1S/C19H27FN2O/c1-4-22(10-6-5-7-11-22)19(8-9-19)18(23)21-17-14(2)12-16(20)13-15(17)3/h12-13H,4-11H2,1-3H3/p+1. The molecule has 2 fully saturated rings. The zero-order valence-corrected chi connectivity index (χ0v) is 14.5. The number of amides is 1. The topological polar surface area (TPSA) is 29.1 Å². The first-order chi connectivity index (χ1) is 10.9. The van der Waals surface area contributed by atoms with Crippen LogP contribution in [0.1, 0.15) is 50.2 Å². The van der Waals surface area contributed by atoms with Gasteiger partial charge in [0.1, 0.15) is 5.82 Å². The Bertz CT molecular complexity index is 593. The van der Waals surface area contributed by atoms with E-state index in [1.54, 1.807) is 0 Å². The van der Waals surface area contributed by atoms with Crippen LogP contribution in [0.25, 0.3) is 0 Å². The van der Waals surface area contributed by atoms with Crippen LogP contribution in [0.3, 0.4) is 0 Å². The van der Waals surface area contributed by atoms with Crippen molar-refractivity contribution in [3.8, 4) is 0 Å². The van der Waals surface area contributed by atoms with Crippen LogP contribution in [-0.4, -0.2) is 35.6 Å². The summed E-state index contributed by atoms with van der Waals surface area (Å²) >= 11 is 0. The van der Waals surface area contributed by atoms with E-state index in [0.717, 1.165) is 53.8 Å². The van der Waals surface area contributed by atoms with Crippen LogP contribution in [-0.2, 0) is 4.79 Å². The van der Waals surface area contributed by atoms with Gasteiger partial charge in [0.15, 0.2) is 5.54 Å². The number of piperidine rings is 1. The van der Waals surface area contributed by atoms with Crippen molar-refractivity contribution in [2.75, 3.05) is 25.0 Å². The molecule has 0 spiro atoms. The van der Waals surface area contributed by atoms with Crippen molar-refractivity contribution in [3.63, 3.8) is 0 Å². The first-order valence-corrected chi connectivity index (χ1v) is 8.88. The Morgan fingerprint density at radius 2 is 1.74 bits per heavy atom. The maximum Gasteiger partial charge on any atom is 0.285 e. The van der Waals surface area contributed by atoms with Gasteiger partial charge in [-0.2, -0.15) is 0 Å². The highest BCUT2D eigenvalue weighted by molar-refractivity contribution is 6.00. The van der Waals surface area contributed by atoms with Gasteiger partial charge in [0.25, 0.3) is 5.91 Å². The van der Waals surface area contributed by atoms with Crippen molar-refractivity contribution in [2.45, 2.75) is 58.4 Å². The van der Waals surface area contributed by atoms with Crippen molar-refractivity contribution in [3.05, 3.63) is 29.1 Å². The summed E-state index contributed by atoms with van der Waals surface area (Å²) in [6.45, 7) is 9.19. The van der Waals surface area contributed by atoms with Gasteiger partial charge in [-0.05, 0) is 63.3 Å². The number of benzene rings is 1. The van der Waals surface area contributed by atoms with Crippen molar-refractivity contribution in [1.82, 2.24) is 0 Å². The molecule has 4 heteroatoms. The fraction of sp³-hybridized carbons (Fsp3) is 0.632. The summed E-state index contributed by atoms with van der Waals surface area (Å²) in [4.78, 5) is 13.1. The number of halogens is 1. The molecule has 1 saturated carbocycles. The van der Waals surface area contributed by atoms with Gasteiger partial charge in [0.2, 0.25) is 0 Å². The zero-order valence-electron chi connectivity index (χ0n) is 14.5. The first kappa shape index (κ1) is 16.4. The van der Waals surface area contributed by atoms with Crippen molar-refractivity contribution in [1.29, 1.82) is 0 Å². The third-order valence-corrected chi connectivity index (χ3v) is 6.07. The van der Waals surface area contributed by atoms with E-state index in [-0.39, 0.29) is 17.3 Å². The van der Waals surface area contributed by atoms with Crippen LogP contribution in [0.4, 0.5) is 10.1 Å². The second-order valence-corrected chi connectivity index (χ2v) is 7.37. The van der Waals surface area contributed by atoms with Gasteiger partial charge in [-0.1, -0.05) is 0 Å². The summed E-state index contributed by atoms with van der Waals surface area (Å²) in [5, 5.41) is 3.14.